The summed E-state index contributed by atoms with van der Waals surface area (Å²) in [5.41, 5.74) is 0. The smallest absolute Gasteiger partial charge is 0.759 e. The van der Waals surface area contributed by atoms with Crippen molar-refractivity contribution in [1.29, 1.82) is 0 Å². The molecule has 0 spiro atoms. The van der Waals surface area contributed by atoms with Gasteiger partial charge in [0.1, 0.15) is 0 Å². The molecule has 0 saturated carbocycles. The molecule has 0 aromatic carbocycles. The maximum absolute atomic E-state index is 8.52. The fourth-order valence-electron chi connectivity index (χ4n) is 0. The molecule has 0 bridgehead atoms. The predicted octanol–water partition coefficient (Wildman–Crippen LogP) is -5.54. The van der Waals surface area contributed by atoms with E-state index in [9.17, 15) is 0 Å². The molecule has 40 valence electrons. The van der Waals surface area contributed by atoms with Gasteiger partial charge in [-0.1, -0.05) is 0 Å². The van der Waals surface area contributed by atoms with Crippen LogP contribution in [0.15, 0.2) is 0 Å². The predicted molar refractivity (Wildman–Crippen MR) is 19.8 cm³/mol. The van der Waals surface area contributed by atoms with E-state index in [0.717, 1.165) is 0 Å². The molecule has 5 nitrogen and oxygen atoms in total. The Balaban J connectivity index is -0.0000000267. The molecular formula is H2AlKO5S+2. The van der Waals surface area contributed by atoms with Crippen LogP contribution in [0.25, 0.3) is 0 Å². The van der Waals surface area contributed by atoms with Crippen LogP contribution in [0, 0.1) is 0 Å². The molecule has 2 N–H and O–H groups in total. The monoisotopic (exact) mass is 180 g/mol. The minimum Gasteiger partial charge on any atom is -0.759 e. The Labute approximate surface area is 100 Å². The van der Waals surface area contributed by atoms with E-state index in [-0.39, 0.29) is 74.2 Å². The second kappa shape index (κ2) is 9.00. The molecule has 0 unspecified atom stereocenters. The van der Waals surface area contributed by atoms with Gasteiger partial charge < -0.3 is 14.6 Å². The van der Waals surface area contributed by atoms with E-state index in [1.54, 1.807) is 0 Å². The summed E-state index contributed by atoms with van der Waals surface area (Å²) in [6.07, 6.45) is 0. The maximum atomic E-state index is 8.52. The minimum absolute atomic E-state index is 0. The molecule has 0 aliphatic heterocycles. The van der Waals surface area contributed by atoms with Crippen molar-refractivity contribution >= 4 is 27.8 Å². The van der Waals surface area contributed by atoms with Crippen LogP contribution in [0.4, 0.5) is 0 Å². The molecule has 0 amide bonds. The Hall–Kier alpha value is 2.00. The van der Waals surface area contributed by atoms with Crippen LogP contribution in [-0.2, 0) is 10.4 Å². The first-order valence-electron chi connectivity index (χ1n) is 0.667. The van der Waals surface area contributed by atoms with Crippen molar-refractivity contribution in [1.82, 2.24) is 0 Å². The third-order valence-corrected chi connectivity index (χ3v) is 0. The standard InChI is InChI=1S/Al.K.H2O4S.H2O/c;;1-5(2,3)4;/h;;(H2,1,2,3,4);1H2/q+3;+1;;/p-2. The summed E-state index contributed by atoms with van der Waals surface area (Å²) in [5.74, 6) is 0. The Kier molecular flexibility index (Phi) is 25.3. The number of hydrogen-bond acceptors (Lipinski definition) is 4. The summed E-state index contributed by atoms with van der Waals surface area (Å²) >= 11 is 0. The summed E-state index contributed by atoms with van der Waals surface area (Å²) in [5, 5.41) is 0. The summed E-state index contributed by atoms with van der Waals surface area (Å²) in [6, 6.07) is 0. The Morgan fingerprint density at radius 2 is 1.12 bits per heavy atom. The van der Waals surface area contributed by atoms with Crippen molar-refractivity contribution in [2.75, 3.05) is 0 Å². The van der Waals surface area contributed by atoms with Crippen molar-refractivity contribution < 1.29 is 74.4 Å². The van der Waals surface area contributed by atoms with E-state index < -0.39 is 10.4 Å². The van der Waals surface area contributed by atoms with Gasteiger partial charge in [0.25, 0.3) is 0 Å². The van der Waals surface area contributed by atoms with Crippen LogP contribution in [-0.4, -0.2) is 40.4 Å². The SMILES string of the molecule is O.O=S(=O)([O-])[O-].[Al+3].[K+]. The topological polar surface area (TPSA) is 112 Å². The van der Waals surface area contributed by atoms with Gasteiger partial charge in [0.2, 0.25) is 0 Å². The van der Waals surface area contributed by atoms with Crippen LogP contribution >= 0.6 is 0 Å². The zero-order valence-corrected chi connectivity index (χ0v) is 9.21. The fourth-order valence-corrected chi connectivity index (χ4v) is 0. The second-order valence-corrected chi connectivity index (χ2v) is 1.22. The molecule has 0 radical (unpaired) electrons. The summed E-state index contributed by atoms with van der Waals surface area (Å²) in [7, 11) is -5.17. The maximum Gasteiger partial charge on any atom is 3.00 e. The molecule has 0 heterocycles. The summed E-state index contributed by atoms with van der Waals surface area (Å²) < 4.78 is 34.1. The first-order chi connectivity index (χ1) is 2.00. The van der Waals surface area contributed by atoms with Crippen LogP contribution in [0.2, 0.25) is 0 Å². The summed E-state index contributed by atoms with van der Waals surface area (Å²) in [4.78, 5) is 0. The molecule has 8 heteroatoms. The van der Waals surface area contributed by atoms with E-state index in [1.165, 1.54) is 0 Å². The van der Waals surface area contributed by atoms with Crippen molar-refractivity contribution in [3.63, 3.8) is 0 Å². The molecule has 0 aliphatic rings. The van der Waals surface area contributed by atoms with Crippen molar-refractivity contribution in [3.8, 4) is 0 Å². The molecule has 8 heavy (non-hydrogen) atoms. The van der Waals surface area contributed by atoms with E-state index in [2.05, 4.69) is 0 Å². The van der Waals surface area contributed by atoms with E-state index in [4.69, 9.17) is 17.5 Å². The van der Waals surface area contributed by atoms with Crippen LogP contribution in [0.3, 0.4) is 0 Å². The normalized spacial score (nSPS) is 7.25. The Morgan fingerprint density at radius 1 is 1.12 bits per heavy atom. The molecular weight excluding hydrogens is 178 g/mol. The van der Waals surface area contributed by atoms with Gasteiger partial charge in [0.15, 0.2) is 0 Å². The average molecular weight is 180 g/mol. The van der Waals surface area contributed by atoms with Crippen molar-refractivity contribution in [2.45, 2.75) is 0 Å². The minimum atomic E-state index is -5.17. The van der Waals surface area contributed by atoms with Gasteiger partial charge in [0.05, 0.1) is 0 Å². The molecule has 0 aromatic heterocycles. The quantitative estimate of drug-likeness (QED) is 0.210. The van der Waals surface area contributed by atoms with Gasteiger partial charge in [-0.3, -0.25) is 8.42 Å². The first-order valence-corrected chi connectivity index (χ1v) is 2.00. The van der Waals surface area contributed by atoms with Gasteiger partial charge in [-0.15, -0.1) is 0 Å². The van der Waals surface area contributed by atoms with E-state index in [0.29, 0.717) is 0 Å². The van der Waals surface area contributed by atoms with Crippen LogP contribution in [0.5, 0.6) is 0 Å². The molecule has 0 rings (SSSR count). The van der Waals surface area contributed by atoms with Gasteiger partial charge in [0, 0.05) is 10.4 Å². The van der Waals surface area contributed by atoms with Crippen molar-refractivity contribution in [3.05, 3.63) is 0 Å². The molecule has 0 aliphatic carbocycles. The molecule has 0 fully saturated rings. The third kappa shape index (κ3) is 98.1. The molecule has 0 atom stereocenters. The number of rotatable bonds is 0. The zero-order chi connectivity index (χ0) is 4.50. The fraction of sp³-hybridized carbons (Fsp3) is 0. The van der Waals surface area contributed by atoms with E-state index >= 15 is 0 Å². The van der Waals surface area contributed by atoms with Gasteiger partial charge >= 0.3 is 68.7 Å². The Morgan fingerprint density at radius 3 is 1.12 bits per heavy atom. The average Bonchev–Trinajstić information content (AvgIpc) is 0.722. The summed E-state index contributed by atoms with van der Waals surface area (Å²) in [6.45, 7) is 0. The third-order valence-electron chi connectivity index (χ3n) is 0. The van der Waals surface area contributed by atoms with Crippen LogP contribution in [0.1, 0.15) is 0 Å². The first kappa shape index (κ1) is 22.5. The zero-order valence-electron chi connectivity index (χ0n) is 4.12. The number of hydrogen-bond donors (Lipinski definition) is 0. The Bertz CT molecular complexity index is 95.6. The van der Waals surface area contributed by atoms with Gasteiger partial charge in [-0.2, -0.15) is 0 Å². The van der Waals surface area contributed by atoms with Crippen LogP contribution < -0.4 is 51.4 Å². The second-order valence-electron chi connectivity index (χ2n) is 0.408. The van der Waals surface area contributed by atoms with Gasteiger partial charge in [-0.25, -0.2) is 0 Å². The molecule has 0 saturated heterocycles. The van der Waals surface area contributed by atoms with Crippen molar-refractivity contribution in [2.24, 2.45) is 0 Å². The largest absolute Gasteiger partial charge is 3.00 e. The molecule has 0 aromatic rings. The van der Waals surface area contributed by atoms with Gasteiger partial charge in [-0.05, 0) is 0 Å². The van der Waals surface area contributed by atoms with E-state index in [1.807, 2.05) is 0 Å².